The van der Waals surface area contributed by atoms with Gasteiger partial charge in [-0.25, -0.2) is 9.18 Å². The van der Waals surface area contributed by atoms with Crippen molar-refractivity contribution in [1.82, 2.24) is 4.90 Å². The summed E-state index contributed by atoms with van der Waals surface area (Å²) >= 11 is 0. The Morgan fingerprint density at radius 3 is 2.33 bits per heavy atom. The summed E-state index contributed by atoms with van der Waals surface area (Å²) in [6, 6.07) is 6.96. The molecule has 2 rings (SSSR count). The number of hydrogen-bond acceptors (Lipinski definition) is 2. The molecule has 1 aromatic rings. The molecule has 1 aromatic carbocycles. The molecule has 0 amide bonds. The second kappa shape index (κ2) is 6.85. The van der Waals surface area contributed by atoms with Crippen LogP contribution in [0.3, 0.4) is 0 Å². The van der Waals surface area contributed by atoms with Gasteiger partial charge < -0.3 is 10.0 Å². The van der Waals surface area contributed by atoms with E-state index < -0.39 is 5.97 Å². The number of carboxylic acid groups (broad SMARTS) is 1. The zero-order chi connectivity index (χ0) is 15.4. The lowest BCUT2D eigenvalue weighted by molar-refractivity contribution is -0.131. The van der Waals surface area contributed by atoms with Crippen molar-refractivity contribution in [1.29, 1.82) is 0 Å². The van der Waals surface area contributed by atoms with Gasteiger partial charge in [0.2, 0.25) is 0 Å². The van der Waals surface area contributed by atoms with E-state index in [0.29, 0.717) is 5.92 Å². The van der Waals surface area contributed by atoms with Crippen molar-refractivity contribution in [3.63, 3.8) is 0 Å². The minimum Gasteiger partial charge on any atom is -0.478 e. The van der Waals surface area contributed by atoms with Gasteiger partial charge in [0.15, 0.2) is 0 Å². The van der Waals surface area contributed by atoms with Crippen LogP contribution in [0.2, 0.25) is 0 Å². The fourth-order valence-corrected chi connectivity index (χ4v) is 3.30. The molecule has 1 fully saturated rings. The number of nitrogens with zero attached hydrogens (tertiary/aromatic N) is 1. The first-order chi connectivity index (χ1) is 9.97. The number of benzene rings is 1. The van der Waals surface area contributed by atoms with Gasteiger partial charge in [0.05, 0.1) is 0 Å². The molecule has 1 saturated carbocycles. The number of carboxylic acids is 1. The first-order valence-corrected chi connectivity index (χ1v) is 7.31. The van der Waals surface area contributed by atoms with Crippen LogP contribution in [0.4, 0.5) is 4.39 Å². The number of allylic oxidation sites excluding steroid dienone is 1. The fraction of sp³-hybridized carbons (Fsp3) is 0.471. The summed E-state index contributed by atoms with van der Waals surface area (Å²) in [5, 5.41) is 8.81. The molecule has 0 bridgehead atoms. The molecule has 0 spiro atoms. The third-order valence-corrected chi connectivity index (χ3v) is 4.21. The maximum atomic E-state index is 13.1. The van der Waals surface area contributed by atoms with Gasteiger partial charge in [-0.1, -0.05) is 17.7 Å². The summed E-state index contributed by atoms with van der Waals surface area (Å²) in [5.41, 5.74) is 2.15. The highest BCUT2D eigenvalue weighted by atomic mass is 19.1. The van der Waals surface area contributed by atoms with Crippen molar-refractivity contribution >= 4 is 5.97 Å². The van der Waals surface area contributed by atoms with E-state index in [9.17, 15) is 9.18 Å². The van der Waals surface area contributed by atoms with Crippen LogP contribution < -0.4 is 0 Å². The van der Waals surface area contributed by atoms with Gasteiger partial charge >= 0.3 is 5.97 Å². The molecule has 0 heterocycles. The van der Waals surface area contributed by atoms with Gasteiger partial charge in [0, 0.05) is 12.1 Å². The summed E-state index contributed by atoms with van der Waals surface area (Å²) in [5.74, 6) is -0.603. The molecule has 1 atom stereocenters. The van der Waals surface area contributed by atoms with Crippen LogP contribution in [0.25, 0.3) is 0 Å². The van der Waals surface area contributed by atoms with E-state index in [1.54, 1.807) is 0 Å². The topological polar surface area (TPSA) is 40.5 Å². The molecule has 0 aliphatic heterocycles. The van der Waals surface area contributed by atoms with E-state index in [4.69, 9.17) is 5.11 Å². The highest BCUT2D eigenvalue weighted by Gasteiger charge is 2.28. The summed E-state index contributed by atoms with van der Waals surface area (Å²) < 4.78 is 13.1. The molecule has 1 aliphatic rings. The minimum atomic E-state index is -0.855. The van der Waals surface area contributed by atoms with Crippen LogP contribution in [0, 0.1) is 11.7 Å². The van der Waals surface area contributed by atoms with Crippen LogP contribution >= 0.6 is 0 Å². The maximum absolute atomic E-state index is 13.1. The monoisotopic (exact) mass is 291 g/mol. The smallest absolute Gasteiger partial charge is 0.328 e. The molecular weight excluding hydrogens is 269 g/mol. The summed E-state index contributed by atoms with van der Waals surface area (Å²) in [7, 11) is 4.08. The first kappa shape index (κ1) is 15.7. The van der Waals surface area contributed by atoms with Crippen molar-refractivity contribution in [2.45, 2.75) is 31.7 Å². The van der Waals surface area contributed by atoms with Crippen molar-refractivity contribution in [3.05, 3.63) is 47.3 Å². The molecule has 3 nitrogen and oxygen atoms in total. The Hall–Kier alpha value is -1.68. The van der Waals surface area contributed by atoms with Gasteiger partial charge in [0.25, 0.3) is 0 Å². The third kappa shape index (κ3) is 4.14. The fourth-order valence-electron chi connectivity index (χ4n) is 3.30. The van der Waals surface area contributed by atoms with E-state index >= 15 is 0 Å². The number of halogens is 1. The average molecular weight is 291 g/mol. The lowest BCUT2D eigenvalue weighted by Gasteiger charge is -2.36. The van der Waals surface area contributed by atoms with Crippen molar-refractivity contribution in [2.24, 2.45) is 5.92 Å². The Labute approximate surface area is 125 Å². The number of aliphatic carboxylic acids is 1. The van der Waals surface area contributed by atoms with Gasteiger partial charge in [-0.15, -0.1) is 0 Å². The lowest BCUT2D eigenvalue weighted by Crippen LogP contribution is -2.29. The van der Waals surface area contributed by atoms with Gasteiger partial charge in [-0.3, -0.25) is 0 Å². The normalized spacial score (nSPS) is 20.4. The molecule has 0 radical (unpaired) electrons. The third-order valence-electron chi connectivity index (χ3n) is 4.21. The molecular formula is C17H22FNO2. The molecule has 1 aliphatic carbocycles. The first-order valence-electron chi connectivity index (χ1n) is 7.31. The largest absolute Gasteiger partial charge is 0.478 e. The number of carbonyl (C=O) groups is 1. The van der Waals surface area contributed by atoms with E-state index in [1.165, 1.54) is 18.2 Å². The zero-order valence-electron chi connectivity index (χ0n) is 12.6. The van der Waals surface area contributed by atoms with E-state index in [-0.39, 0.29) is 11.9 Å². The average Bonchev–Trinajstić information content (AvgIpc) is 2.42. The molecule has 0 aromatic heterocycles. The van der Waals surface area contributed by atoms with Gasteiger partial charge in [-0.05, 0) is 63.4 Å². The summed E-state index contributed by atoms with van der Waals surface area (Å²) in [4.78, 5) is 12.9. The zero-order valence-corrected chi connectivity index (χ0v) is 12.6. The second-order valence-electron chi connectivity index (χ2n) is 5.94. The van der Waals surface area contributed by atoms with Crippen LogP contribution in [0.1, 0.15) is 37.3 Å². The predicted octanol–water partition coefficient (Wildman–Crippen LogP) is 3.63. The highest BCUT2D eigenvalue weighted by Crippen LogP contribution is 2.39. The number of hydrogen-bond donors (Lipinski definition) is 1. The molecule has 4 heteroatoms. The Balaban J connectivity index is 2.11. The second-order valence-corrected chi connectivity index (χ2v) is 5.94. The van der Waals surface area contributed by atoms with Gasteiger partial charge in [0.1, 0.15) is 5.82 Å². The Morgan fingerprint density at radius 2 is 1.86 bits per heavy atom. The lowest BCUT2D eigenvalue weighted by atomic mass is 9.78. The van der Waals surface area contributed by atoms with Crippen LogP contribution in [0.15, 0.2) is 35.9 Å². The molecule has 114 valence electrons. The maximum Gasteiger partial charge on any atom is 0.328 e. The predicted molar refractivity (Wildman–Crippen MR) is 80.5 cm³/mol. The SMILES string of the molecule is CN(C)C(c1ccc(F)cc1)C1CCC(=CC(=O)O)CC1. The minimum absolute atomic E-state index is 0.216. The molecule has 1 unspecified atom stereocenters. The molecule has 21 heavy (non-hydrogen) atoms. The molecule has 0 saturated heterocycles. The van der Waals surface area contributed by atoms with E-state index in [2.05, 4.69) is 4.90 Å². The Morgan fingerprint density at radius 1 is 1.29 bits per heavy atom. The van der Waals surface area contributed by atoms with E-state index in [1.807, 2.05) is 26.2 Å². The van der Waals surface area contributed by atoms with E-state index in [0.717, 1.165) is 36.8 Å². The van der Waals surface area contributed by atoms with Crippen molar-refractivity contribution in [2.75, 3.05) is 14.1 Å². The Bertz CT molecular complexity index is 512. The van der Waals surface area contributed by atoms with Crippen LogP contribution in [-0.2, 0) is 4.79 Å². The van der Waals surface area contributed by atoms with Crippen LogP contribution in [0.5, 0.6) is 0 Å². The van der Waals surface area contributed by atoms with Crippen molar-refractivity contribution in [3.8, 4) is 0 Å². The van der Waals surface area contributed by atoms with Gasteiger partial charge in [-0.2, -0.15) is 0 Å². The Kier molecular flexibility index (Phi) is 5.12. The van der Waals surface area contributed by atoms with Crippen molar-refractivity contribution < 1.29 is 14.3 Å². The molecule has 1 N–H and O–H groups in total. The highest BCUT2D eigenvalue weighted by molar-refractivity contribution is 5.80. The standard InChI is InChI=1S/C17H22FNO2/c1-19(2)17(14-7-9-15(18)10-8-14)13-5-3-12(4-6-13)11-16(20)21/h7-11,13,17H,3-6H2,1-2H3,(H,20,21). The summed E-state index contributed by atoms with van der Waals surface area (Å²) in [6.45, 7) is 0. The quantitative estimate of drug-likeness (QED) is 0.861. The summed E-state index contributed by atoms with van der Waals surface area (Å²) in [6.07, 6.45) is 4.96. The van der Waals surface area contributed by atoms with Crippen LogP contribution in [-0.4, -0.2) is 30.1 Å². The number of rotatable bonds is 4.